The molecule has 0 aliphatic carbocycles. The lowest BCUT2D eigenvalue weighted by molar-refractivity contribution is -0.154. The lowest BCUT2D eigenvalue weighted by Gasteiger charge is -2.20. The average molecular weight is 855 g/mol. The van der Waals surface area contributed by atoms with E-state index >= 15 is 0 Å². The Hall–Kier alpha value is -3.40. The minimum Gasteiger partial charge on any atom is -0.457 e. The third kappa shape index (κ3) is 44.2. The zero-order valence-corrected chi connectivity index (χ0v) is 37.8. The summed E-state index contributed by atoms with van der Waals surface area (Å²) in [6, 6.07) is 0. The van der Waals surface area contributed by atoms with Crippen LogP contribution in [0.4, 0.5) is 0 Å². The van der Waals surface area contributed by atoms with Gasteiger partial charge in [0.1, 0.15) is 12.2 Å². The van der Waals surface area contributed by atoms with Gasteiger partial charge in [0.05, 0.1) is 26.4 Å². The molecule has 0 aliphatic rings. The average Bonchev–Trinajstić information content (AvgIpc) is 3.24. The van der Waals surface area contributed by atoms with Crippen LogP contribution < -0.4 is 0 Å². The predicted octanol–water partition coefficient (Wildman–Crippen LogP) is 12.6. The second-order valence-corrected chi connectivity index (χ2v) is 15.4. The van der Waals surface area contributed by atoms with Gasteiger partial charge in [-0.05, 0) is 109 Å². The van der Waals surface area contributed by atoms with Gasteiger partial charge in [0, 0.05) is 13.0 Å². The number of ether oxygens (including phenoxy) is 2. The number of hydrogen-bond donors (Lipinski definition) is 3. The van der Waals surface area contributed by atoms with Crippen LogP contribution in [0.5, 0.6) is 0 Å². The molecule has 0 rings (SSSR count). The van der Waals surface area contributed by atoms with Gasteiger partial charge in [0.15, 0.2) is 0 Å². The van der Waals surface area contributed by atoms with Crippen LogP contribution in [-0.4, -0.2) is 66.3 Å². The normalized spacial score (nSPS) is 15.2. The standard InChI is InChI=1S/C50H79O9P/c1-3-5-7-9-11-13-15-17-19-20-21-22-23-24-25-26-27-29-31-33-35-37-39-41-43-56-46-49(47-58-60(54,55)57-45-48(52)44-51)59-50(53)42-40-38-36-34-32-30-28-18-16-14-12-10-8-6-4-2/h5-8,11-14,17-19,21-22,24-25,27-29,32-35,48-49,51-52H,3-4,9-10,15-16,20,23,26,30-31,36-47H2,1-2H3,(H,54,55)/b7-5-,8-6-,13-11-,14-12-,19-17-,22-21-,25-24-,28-18-,29-27-,34-32-,35-33-. The van der Waals surface area contributed by atoms with Crippen molar-refractivity contribution in [1.29, 1.82) is 0 Å². The minimum atomic E-state index is -4.55. The molecule has 0 bridgehead atoms. The molecule has 0 saturated carbocycles. The maximum Gasteiger partial charge on any atom is 0.472 e. The second-order valence-electron chi connectivity index (χ2n) is 13.9. The molecule has 9 nitrogen and oxygen atoms in total. The van der Waals surface area contributed by atoms with Crippen molar-refractivity contribution in [3.63, 3.8) is 0 Å². The molecule has 3 atom stereocenters. The van der Waals surface area contributed by atoms with Gasteiger partial charge in [-0.3, -0.25) is 13.8 Å². The fraction of sp³-hybridized carbons (Fsp3) is 0.540. The van der Waals surface area contributed by atoms with Crippen molar-refractivity contribution in [3.05, 3.63) is 134 Å². The molecule has 0 aromatic carbocycles. The first-order valence-corrected chi connectivity index (χ1v) is 23.7. The van der Waals surface area contributed by atoms with Crippen LogP contribution in [0.1, 0.15) is 129 Å². The van der Waals surface area contributed by atoms with Crippen LogP contribution >= 0.6 is 7.82 Å². The molecule has 0 aromatic rings. The van der Waals surface area contributed by atoms with Crippen LogP contribution in [0.2, 0.25) is 0 Å². The Morgan fingerprint density at radius 1 is 0.517 bits per heavy atom. The first kappa shape index (κ1) is 56.6. The second kappa shape index (κ2) is 45.1. The minimum absolute atomic E-state index is 0.00845. The molecule has 0 amide bonds. The van der Waals surface area contributed by atoms with Gasteiger partial charge < -0.3 is 24.6 Å². The lowest BCUT2D eigenvalue weighted by Crippen LogP contribution is -2.29. The monoisotopic (exact) mass is 855 g/mol. The summed E-state index contributed by atoms with van der Waals surface area (Å²) in [5, 5.41) is 18.4. The van der Waals surface area contributed by atoms with Crippen LogP contribution in [0.15, 0.2) is 134 Å². The third-order valence-electron chi connectivity index (χ3n) is 8.33. The van der Waals surface area contributed by atoms with E-state index < -0.39 is 45.8 Å². The first-order valence-electron chi connectivity index (χ1n) is 22.2. The van der Waals surface area contributed by atoms with Crippen molar-refractivity contribution in [2.45, 2.75) is 142 Å². The van der Waals surface area contributed by atoms with Gasteiger partial charge in [-0.25, -0.2) is 4.57 Å². The van der Waals surface area contributed by atoms with E-state index in [0.717, 1.165) is 103 Å². The zero-order chi connectivity index (χ0) is 43.9. The third-order valence-corrected chi connectivity index (χ3v) is 9.28. The van der Waals surface area contributed by atoms with Gasteiger partial charge in [-0.15, -0.1) is 0 Å². The fourth-order valence-corrected chi connectivity index (χ4v) is 5.82. The highest BCUT2D eigenvalue weighted by Crippen LogP contribution is 2.43. The molecule has 60 heavy (non-hydrogen) atoms. The number of carbonyl (C=O) groups is 1. The van der Waals surface area contributed by atoms with E-state index in [1.165, 1.54) is 0 Å². The van der Waals surface area contributed by atoms with Crippen molar-refractivity contribution in [1.82, 2.24) is 0 Å². The summed E-state index contributed by atoms with van der Waals surface area (Å²) in [5.41, 5.74) is 0. The molecule has 10 heteroatoms. The van der Waals surface area contributed by atoms with Crippen LogP contribution in [0.25, 0.3) is 0 Å². The number of phosphoric ester groups is 1. The molecule has 0 aliphatic heterocycles. The Bertz CT molecular complexity index is 1380. The molecule has 338 valence electrons. The summed E-state index contributed by atoms with van der Waals surface area (Å²) < 4.78 is 33.3. The first-order chi connectivity index (χ1) is 29.3. The zero-order valence-electron chi connectivity index (χ0n) is 36.9. The summed E-state index contributed by atoms with van der Waals surface area (Å²) in [6.45, 7) is 3.06. The molecular weight excluding hydrogens is 776 g/mol. The van der Waals surface area contributed by atoms with Crippen molar-refractivity contribution in [2.75, 3.05) is 33.0 Å². The number of allylic oxidation sites excluding steroid dienone is 22. The van der Waals surface area contributed by atoms with Gasteiger partial charge >= 0.3 is 13.8 Å². The molecule has 0 aromatic heterocycles. The fourth-order valence-electron chi connectivity index (χ4n) is 5.03. The predicted molar refractivity (Wildman–Crippen MR) is 251 cm³/mol. The number of aliphatic hydroxyl groups is 2. The number of hydrogen-bond acceptors (Lipinski definition) is 8. The Morgan fingerprint density at radius 3 is 1.28 bits per heavy atom. The largest absolute Gasteiger partial charge is 0.472 e. The van der Waals surface area contributed by atoms with E-state index in [-0.39, 0.29) is 13.0 Å². The van der Waals surface area contributed by atoms with Crippen LogP contribution in [-0.2, 0) is 27.9 Å². The summed E-state index contributed by atoms with van der Waals surface area (Å²) in [6.07, 6.45) is 61.4. The Morgan fingerprint density at radius 2 is 0.883 bits per heavy atom. The number of aliphatic hydroxyl groups excluding tert-OH is 2. The quantitative estimate of drug-likeness (QED) is 0.0238. The van der Waals surface area contributed by atoms with E-state index in [4.69, 9.17) is 23.6 Å². The summed E-state index contributed by atoms with van der Waals surface area (Å²) in [5.74, 6) is -0.446. The van der Waals surface area contributed by atoms with Gasteiger partial charge in [0.2, 0.25) is 0 Å². The van der Waals surface area contributed by atoms with E-state index in [2.05, 4.69) is 148 Å². The number of phosphoric acid groups is 1. The number of rotatable bonds is 40. The van der Waals surface area contributed by atoms with Crippen molar-refractivity contribution >= 4 is 13.8 Å². The highest BCUT2D eigenvalue weighted by atomic mass is 31.2. The van der Waals surface area contributed by atoms with E-state index in [1.807, 2.05) is 0 Å². The lowest BCUT2D eigenvalue weighted by atomic mass is 10.2. The Labute approximate surface area is 364 Å². The van der Waals surface area contributed by atoms with Crippen LogP contribution in [0, 0.1) is 0 Å². The van der Waals surface area contributed by atoms with Crippen molar-refractivity contribution in [2.24, 2.45) is 0 Å². The number of esters is 1. The van der Waals surface area contributed by atoms with Gasteiger partial charge in [-0.1, -0.05) is 148 Å². The van der Waals surface area contributed by atoms with Gasteiger partial charge in [0.25, 0.3) is 0 Å². The van der Waals surface area contributed by atoms with E-state index in [9.17, 15) is 19.4 Å². The van der Waals surface area contributed by atoms with Crippen LogP contribution in [0.3, 0.4) is 0 Å². The molecule has 3 unspecified atom stereocenters. The highest BCUT2D eigenvalue weighted by Gasteiger charge is 2.26. The maximum atomic E-state index is 12.6. The SMILES string of the molecule is CC/C=C\C/C=C\C/C=C\C/C=C\C/C=C\C/C=C\C/C=C\CCCCOCC(COP(=O)(O)OCC(O)CO)OC(=O)CCCC/C=C\C/C=C\C/C=C\C/C=C\CC. The Kier molecular flexibility index (Phi) is 42.6. The van der Waals surface area contributed by atoms with E-state index in [0.29, 0.717) is 13.0 Å². The highest BCUT2D eigenvalue weighted by molar-refractivity contribution is 7.47. The van der Waals surface area contributed by atoms with E-state index in [1.54, 1.807) is 0 Å². The molecular formula is C50H79O9P. The number of carbonyl (C=O) groups excluding carboxylic acids is 1. The molecule has 0 radical (unpaired) electrons. The smallest absolute Gasteiger partial charge is 0.457 e. The van der Waals surface area contributed by atoms with Crippen molar-refractivity contribution < 1.29 is 43.0 Å². The number of unbranched alkanes of at least 4 members (excludes halogenated alkanes) is 4. The maximum absolute atomic E-state index is 12.6. The topological polar surface area (TPSA) is 132 Å². The molecule has 0 fully saturated rings. The summed E-state index contributed by atoms with van der Waals surface area (Å²) >= 11 is 0. The molecule has 0 saturated heterocycles. The molecule has 3 N–H and O–H groups in total. The molecule has 0 heterocycles. The summed E-state index contributed by atoms with van der Waals surface area (Å²) in [7, 11) is -4.55. The molecule has 0 spiro atoms. The summed E-state index contributed by atoms with van der Waals surface area (Å²) in [4.78, 5) is 22.6. The van der Waals surface area contributed by atoms with Crippen molar-refractivity contribution in [3.8, 4) is 0 Å². The Balaban J connectivity index is 4.34. The van der Waals surface area contributed by atoms with Gasteiger partial charge in [-0.2, -0.15) is 0 Å².